The summed E-state index contributed by atoms with van der Waals surface area (Å²) in [7, 11) is 0. The van der Waals surface area contributed by atoms with E-state index < -0.39 is 6.08 Å². The van der Waals surface area contributed by atoms with Gasteiger partial charge in [-0.3, -0.25) is 0 Å². The van der Waals surface area contributed by atoms with Gasteiger partial charge in [0.15, 0.2) is 6.08 Å². The van der Waals surface area contributed by atoms with Gasteiger partial charge < -0.3 is 9.52 Å². The number of aromatic nitrogens is 1. The Hall–Kier alpha value is -0.990. The van der Waals surface area contributed by atoms with E-state index in [0.29, 0.717) is 0 Å². The van der Waals surface area contributed by atoms with Crippen LogP contribution in [0.3, 0.4) is 0 Å². The topological polar surface area (TPSA) is 49.1 Å². The van der Waals surface area contributed by atoms with E-state index in [2.05, 4.69) is 9.40 Å². The van der Waals surface area contributed by atoms with Gasteiger partial charge in [-0.1, -0.05) is 0 Å². The average molecular weight is 84.1 g/mol. The van der Waals surface area contributed by atoms with Crippen molar-refractivity contribution in [2.45, 2.75) is 0 Å². The maximum absolute atomic E-state index is 9.79. The summed E-state index contributed by atoms with van der Waals surface area (Å²) in [6, 6.07) is 0. The predicted molar refractivity (Wildman–Crippen MR) is 15.9 cm³/mol. The fraction of sp³-hybridized carbons (Fsp3) is 0. The van der Waals surface area contributed by atoms with Crippen LogP contribution < -0.4 is 5.11 Å². The second-order valence-electron chi connectivity index (χ2n) is 0.798. The molecule has 0 aliphatic heterocycles. The zero-order valence-electron chi connectivity index (χ0n) is 2.92. The van der Waals surface area contributed by atoms with Gasteiger partial charge in [-0.15, -0.1) is 0 Å². The van der Waals surface area contributed by atoms with Crippen LogP contribution in [-0.2, 0) is 0 Å². The quantitative estimate of drug-likeness (QED) is 0.435. The first-order chi connectivity index (χ1) is 2.89. The van der Waals surface area contributed by atoms with E-state index >= 15 is 0 Å². The van der Waals surface area contributed by atoms with E-state index in [1.54, 1.807) is 0 Å². The van der Waals surface area contributed by atoms with E-state index in [4.69, 9.17) is 0 Å². The van der Waals surface area contributed by atoms with Crippen molar-refractivity contribution in [1.82, 2.24) is 4.98 Å². The van der Waals surface area contributed by atoms with Crippen LogP contribution in [0.5, 0.6) is 6.08 Å². The van der Waals surface area contributed by atoms with Crippen LogP contribution >= 0.6 is 0 Å². The minimum atomic E-state index is -0.532. The van der Waals surface area contributed by atoms with Crippen LogP contribution in [-0.4, -0.2) is 4.98 Å². The average Bonchev–Trinajstić information content (AvgIpc) is 1.86. The monoisotopic (exact) mass is 84.0 g/mol. The molecule has 3 heteroatoms. The Kier molecular flexibility index (Phi) is 0.538. The van der Waals surface area contributed by atoms with Crippen LogP contribution in [0, 0.1) is 0 Å². The summed E-state index contributed by atoms with van der Waals surface area (Å²) >= 11 is 0. The van der Waals surface area contributed by atoms with Gasteiger partial charge in [0.2, 0.25) is 0 Å². The summed E-state index contributed by atoms with van der Waals surface area (Å²) < 4.78 is 4.17. The molecule has 0 aliphatic rings. The summed E-state index contributed by atoms with van der Waals surface area (Å²) in [5, 5.41) is 9.79. The van der Waals surface area contributed by atoms with Gasteiger partial charge >= 0.3 is 0 Å². The van der Waals surface area contributed by atoms with Crippen LogP contribution in [0.15, 0.2) is 16.9 Å². The maximum Gasteiger partial charge on any atom is 0.154 e. The Morgan fingerprint density at radius 3 is 2.83 bits per heavy atom. The SMILES string of the molecule is [O-]c1ncco1. The number of hydrogen-bond donors (Lipinski definition) is 0. The predicted octanol–water partition coefficient (Wildman–Crippen LogP) is -0.252. The maximum atomic E-state index is 9.79. The number of nitrogens with zero attached hydrogens (tertiary/aromatic N) is 1. The van der Waals surface area contributed by atoms with Gasteiger partial charge in [-0.25, -0.2) is 4.98 Å². The van der Waals surface area contributed by atoms with Gasteiger partial charge in [0.05, 0.1) is 0 Å². The second-order valence-corrected chi connectivity index (χ2v) is 0.798. The summed E-state index contributed by atoms with van der Waals surface area (Å²) in [5.74, 6) is 0. The molecule has 0 saturated heterocycles. The molecule has 32 valence electrons. The van der Waals surface area contributed by atoms with Crippen molar-refractivity contribution in [2.75, 3.05) is 0 Å². The van der Waals surface area contributed by atoms with Crippen molar-refractivity contribution in [3.05, 3.63) is 12.5 Å². The zero-order valence-corrected chi connectivity index (χ0v) is 2.92. The van der Waals surface area contributed by atoms with Crippen LogP contribution in [0.4, 0.5) is 0 Å². The molecule has 0 aliphatic carbocycles. The van der Waals surface area contributed by atoms with Gasteiger partial charge in [0, 0.05) is 6.20 Å². The highest BCUT2D eigenvalue weighted by Gasteiger charge is 1.67. The van der Waals surface area contributed by atoms with Crippen LogP contribution in [0.2, 0.25) is 0 Å². The molecule has 0 saturated carbocycles. The lowest BCUT2D eigenvalue weighted by Crippen LogP contribution is -1.85. The van der Waals surface area contributed by atoms with Crippen molar-refractivity contribution in [1.29, 1.82) is 0 Å². The summed E-state index contributed by atoms with van der Waals surface area (Å²) in [4.78, 5) is 3.19. The highest BCUT2D eigenvalue weighted by atomic mass is 16.5. The fourth-order valence-electron chi connectivity index (χ4n) is 0.210. The fourth-order valence-corrected chi connectivity index (χ4v) is 0.210. The molecule has 0 atom stereocenters. The van der Waals surface area contributed by atoms with E-state index in [-0.39, 0.29) is 0 Å². The van der Waals surface area contributed by atoms with Crippen LogP contribution in [0.25, 0.3) is 0 Å². The Morgan fingerprint density at radius 1 is 1.83 bits per heavy atom. The normalized spacial score (nSPS) is 8.67. The lowest BCUT2D eigenvalue weighted by atomic mass is 11.0. The van der Waals surface area contributed by atoms with Gasteiger partial charge in [0.25, 0.3) is 0 Å². The van der Waals surface area contributed by atoms with E-state index in [1.165, 1.54) is 12.5 Å². The van der Waals surface area contributed by atoms with Crippen molar-refractivity contribution < 1.29 is 9.52 Å². The highest BCUT2D eigenvalue weighted by molar-refractivity contribution is 4.77. The van der Waals surface area contributed by atoms with E-state index in [1.807, 2.05) is 0 Å². The Bertz CT molecular complexity index is 112. The smallest absolute Gasteiger partial charge is 0.154 e. The van der Waals surface area contributed by atoms with E-state index in [0.717, 1.165) is 0 Å². The van der Waals surface area contributed by atoms with Crippen LogP contribution in [0.1, 0.15) is 0 Å². The minimum Gasteiger partial charge on any atom is -0.572 e. The summed E-state index contributed by atoms with van der Waals surface area (Å²) in [6.07, 6.45) is 2.01. The summed E-state index contributed by atoms with van der Waals surface area (Å²) in [6.45, 7) is 0. The first kappa shape index (κ1) is 3.21. The molecule has 0 aromatic carbocycles. The molecule has 3 nitrogen and oxygen atoms in total. The van der Waals surface area contributed by atoms with Crippen molar-refractivity contribution >= 4 is 0 Å². The standard InChI is InChI=1S/C3H3NO2/c5-3-4-1-2-6-3/h1-2H,(H,4,5)/p-1. The molecule has 6 heavy (non-hydrogen) atoms. The van der Waals surface area contributed by atoms with Gasteiger partial charge in [-0.2, -0.15) is 0 Å². The zero-order chi connectivity index (χ0) is 4.41. The molecule has 1 aromatic rings. The molecule has 0 unspecified atom stereocenters. The molecule has 1 heterocycles. The lowest BCUT2D eigenvalue weighted by Gasteiger charge is -1.81. The Balaban J connectivity index is 3.05. The third-order valence-electron chi connectivity index (χ3n) is 0.410. The lowest BCUT2D eigenvalue weighted by molar-refractivity contribution is -0.300. The van der Waals surface area contributed by atoms with Crippen molar-refractivity contribution in [3.8, 4) is 6.08 Å². The first-order valence-corrected chi connectivity index (χ1v) is 1.46. The largest absolute Gasteiger partial charge is 0.572 e. The molecule has 0 fully saturated rings. The summed E-state index contributed by atoms with van der Waals surface area (Å²) in [5.41, 5.74) is 0. The number of oxazole rings is 1. The number of hydrogen-bond acceptors (Lipinski definition) is 3. The molecule has 0 radical (unpaired) electrons. The highest BCUT2D eigenvalue weighted by Crippen LogP contribution is 1.92. The molecule has 0 spiro atoms. The molecule has 0 amide bonds. The number of rotatable bonds is 0. The van der Waals surface area contributed by atoms with Gasteiger partial charge in [-0.05, 0) is 6.26 Å². The Labute approximate surface area is 34.2 Å². The van der Waals surface area contributed by atoms with Gasteiger partial charge in [0.1, 0.15) is 0 Å². The molecule has 1 rings (SSSR count). The molecular formula is C3H2NO2-. The molecular weight excluding hydrogens is 82.0 g/mol. The Morgan fingerprint density at radius 2 is 2.67 bits per heavy atom. The molecule has 1 aromatic heterocycles. The first-order valence-electron chi connectivity index (χ1n) is 1.46. The van der Waals surface area contributed by atoms with Crippen molar-refractivity contribution in [2.24, 2.45) is 0 Å². The second kappa shape index (κ2) is 1.01. The van der Waals surface area contributed by atoms with E-state index in [9.17, 15) is 5.11 Å². The third kappa shape index (κ3) is 0.337. The molecule has 0 N–H and O–H groups in total. The minimum absolute atomic E-state index is 0.532. The molecule has 0 bridgehead atoms. The third-order valence-corrected chi connectivity index (χ3v) is 0.410. The van der Waals surface area contributed by atoms with Crippen molar-refractivity contribution in [3.63, 3.8) is 0 Å².